The number of halogens is 1. The lowest BCUT2D eigenvalue weighted by Crippen LogP contribution is -2.36. The summed E-state index contributed by atoms with van der Waals surface area (Å²) in [6.45, 7) is 4.24. The highest BCUT2D eigenvalue weighted by molar-refractivity contribution is 9.10. The quantitative estimate of drug-likeness (QED) is 0.279. The van der Waals surface area contributed by atoms with Crippen LogP contribution in [0.5, 0.6) is 17.2 Å². The minimum atomic E-state index is -0.605. The van der Waals surface area contributed by atoms with Crippen LogP contribution in [-0.2, 0) is 14.3 Å². The zero-order valence-electron chi connectivity index (χ0n) is 22.5. The summed E-state index contributed by atoms with van der Waals surface area (Å²) in [5.41, 5.74) is 4.26. The Hall–Kier alpha value is -3.26. The molecule has 0 spiro atoms. The monoisotopic (exact) mass is 583 g/mol. The molecular formula is C30H34BrNO6. The van der Waals surface area contributed by atoms with E-state index in [4.69, 9.17) is 18.9 Å². The maximum absolute atomic E-state index is 13.9. The van der Waals surface area contributed by atoms with Crippen molar-refractivity contribution in [3.8, 4) is 17.2 Å². The molecule has 0 amide bonds. The summed E-state index contributed by atoms with van der Waals surface area (Å²) in [5, 5.41) is 3.40. The zero-order valence-corrected chi connectivity index (χ0v) is 24.1. The number of carbonyl (C=O) groups excluding carboxylic acids is 2. The predicted molar refractivity (Wildman–Crippen MR) is 149 cm³/mol. The van der Waals surface area contributed by atoms with Crippen molar-refractivity contribution < 1.29 is 28.5 Å². The van der Waals surface area contributed by atoms with Crippen LogP contribution in [0.2, 0.25) is 0 Å². The third-order valence-corrected chi connectivity index (χ3v) is 7.65. The van der Waals surface area contributed by atoms with E-state index in [1.165, 1.54) is 0 Å². The number of unbranched alkanes of at least 4 members (excludes halogenated alkanes) is 1. The first-order chi connectivity index (χ1) is 18.3. The van der Waals surface area contributed by atoms with Crippen LogP contribution in [0.3, 0.4) is 0 Å². The molecule has 1 aliphatic carbocycles. The van der Waals surface area contributed by atoms with Gasteiger partial charge in [0.2, 0.25) is 0 Å². The van der Waals surface area contributed by atoms with E-state index in [-0.39, 0.29) is 11.7 Å². The van der Waals surface area contributed by atoms with Crippen LogP contribution in [0.15, 0.2) is 63.4 Å². The number of hydrogen-bond donors (Lipinski definition) is 1. The number of Topliss-reactive ketones (excluding diaryl/α,β-unsaturated/α-hetero) is 1. The van der Waals surface area contributed by atoms with E-state index in [1.807, 2.05) is 50.2 Å². The van der Waals surface area contributed by atoms with Gasteiger partial charge in [-0.1, -0.05) is 35.3 Å². The molecule has 2 aromatic rings. The van der Waals surface area contributed by atoms with Gasteiger partial charge < -0.3 is 24.3 Å². The number of methoxy groups -OCH3 is 3. The third-order valence-electron chi connectivity index (χ3n) is 7.16. The van der Waals surface area contributed by atoms with Gasteiger partial charge in [0.25, 0.3) is 0 Å². The molecule has 1 aliphatic heterocycles. The van der Waals surface area contributed by atoms with Gasteiger partial charge in [-0.25, -0.2) is 4.79 Å². The Bertz CT molecular complexity index is 1300. The van der Waals surface area contributed by atoms with Gasteiger partial charge in [0, 0.05) is 33.4 Å². The third kappa shape index (κ3) is 5.46. The first kappa shape index (κ1) is 27.8. The van der Waals surface area contributed by atoms with Crippen LogP contribution in [0.1, 0.15) is 62.5 Å². The van der Waals surface area contributed by atoms with Gasteiger partial charge in [0.1, 0.15) is 5.75 Å². The number of ether oxygens (including phenoxy) is 4. The van der Waals surface area contributed by atoms with Gasteiger partial charge in [-0.15, -0.1) is 0 Å². The van der Waals surface area contributed by atoms with E-state index in [1.54, 1.807) is 21.3 Å². The van der Waals surface area contributed by atoms with Crippen molar-refractivity contribution in [2.45, 2.75) is 51.4 Å². The minimum absolute atomic E-state index is 0.0167. The second-order valence-corrected chi connectivity index (χ2v) is 10.4. The van der Waals surface area contributed by atoms with E-state index in [2.05, 4.69) is 21.2 Å². The summed E-state index contributed by atoms with van der Waals surface area (Å²) in [6.07, 6.45) is 2.60. The fourth-order valence-electron chi connectivity index (χ4n) is 5.28. The van der Waals surface area contributed by atoms with Crippen molar-refractivity contribution in [2.75, 3.05) is 27.9 Å². The maximum atomic E-state index is 13.9. The molecule has 1 N–H and O–H groups in total. The normalized spacial score (nSPS) is 19.1. The fraction of sp³-hybridized carbons (Fsp3) is 0.400. The molecule has 2 atom stereocenters. The van der Waals surface area contributed by atoms with E-state index in [0.29, 0.717) is 53.5 Å². The Morgan fingerprint density at radius 2 is 1.71 bits per heavy atom. The van der Waals surface area contributed by atoms with Crippen molar-refractivity contribution in [1.82, 2.24) is 5.32 Å². The smallest absolute Gasteiger partial charge is 0.336 e. The van der Waals surface area contributed by atoms with Crippen molar-refractivity contribution in [2.24, 2.45) is 0 Å². The second kappa shape index (κ2) is 12.1. The maximum Gasteiger partial charge on any atom is 0.336 e. The lowest BCUT2D eigenvalue weighted by Gasteiger charge is -2.37. The van der Waals surface area contributed by atoms with Crippen molar-refractivity contribution in [3.05, 3.63) is 74.5 Å². The lowest BCUT2D eigenvalue weighted by atomic mass is 9.71. The molecule has 8 heteroatoms. The molecule has 0 fully saturated rings. The fourth-order valence-corrected chi connectivity index (χ4v) is 5.66. The van der Waals surface area contributed by atoms with Gasteiger partial charge in [-0.2, -0.15) is 0 Å². The van der Waals surface area contributed by atoms with Gasteiger partial charge in [0.15, 0.2) is 17.3 Å². The molecule has 1 heterocycles. The van der Waals surface area contributed by atoms with Gasteiger partial charge in [0.05, 0.1) is 39.4 Å². The number of rotatable bonds is 9. The number of allylic oxidation sites excluding steroid dienone is 3. The molecule has 2 unspecified atom stereocenters. The average Bonchev–Trinajstić information content (AvgIpc) is 2.91. The molecule has 2 aromatic carbocycles. The minimum Gasteiger partial charge on any atom is -0.496 e. The molecule has 0 aromatic heterocycles. The summed E-state index contributed by atoms with van der Waals surface area (Å²) in [6, 6.07) is 11.4. The predicted octanol–water partition coefficient (Wildman–Crippen LogP) is 6.18. The van der Waals surface area contributed by atoms with Gasteiger partial charge in [-0.05, 0) is 61.6 Å². The first-order valence-electron chi connectivity index (χ1n) is 12.8. The molecule has 0 saturated heterocycles. The average molecular weight is 585 g/mol. The van der Waals surface area contributed by atoms with Crippen LogP contribution in [0.4, 0.5) is 0 Å². The lowest BCUT2D eigenvalue weighted by molar-refractivity contribution is -0.139. The second-order valence-electron chi connectivity index (χ2n) is 9.51. The number of carbonyl (C=O) groups is 2. The summed E-state index contributed by atoms with van der Waals surface area (Å²) in [7, 11) is 4.79. The Morgan fingerprint density at radius 3 is 2.39 bits per heavy atom. The Labute approximate surface area is 232 Å². The number of esters is 1. The van der Waals surface area contributed by atoms with Gasteiger partial charge in [-0.3, -0.25) is 4.79 Å². The molecule has 0 radical (unpaired) electrons. The van der Waals surface area contributed by atoms with Crippen molar-refractivity contribution in [1.29, 1.82) is 0 Å². The highest BCUT2D eigenvalue weighted by Gasteiger charge is 2.42. The van der Waals surface area contributed by atoms with Crippen LogP contribution in [0, 0.1) is 0 Å². The molecule has 202 valence electrons. The summed E-state index contributed by atoms with van der Waals surface area (Å²) in [4.78, 5) is 27.3. The SMILES string of the molecule is CCCCOC(=O)C1=C(C)NC2=C(C(=O)CC(c3ccc(OC)c(OC)c3)C2)C1c1cc(Br)ccc1OC. The Kier molecular flexibility index (Phi) is 8.82. The van der Waals surface area contributed by atoms with E-state index < -0.39 is 11.9 Å². The topological polar surface area (TPSA) is 83.1 Å². The molecule has 7 nitrogen and oxygen atoms in total. The standard InChI is InChI=1S/C30H34BrNO6/c1-6-7-12-38-30(34)27-17(2)32-22-13-19(18-8-10-25(36-4)26(15-18)37-5)14-23(33)29(22)28(27)21-16-20(31)9-11-24(21)35-3/h8-11,15-16,19,28,32H,6-7,12-14H2,1-5H3. The summed E-state index contributed by atoms with van der Waals surface area (Å²) >= 11 is 3.56. The highest BCUT2D eigenvalue weighted by Crippen LogP contribution is 2.48. The Morgan fingerprint density at radius 1 is 1.00 bits per heavy atom. The molecule has 38 heavy (non-hydrogen) atoms. The Balaban J connectivity index is 1.79. The number of dihydropyridines is 1. The highest BCUT2D eigenvalue weighted by atomic mass is 79.9. The number of nitrogens with one attached hydrogen (secondary N) is 1. The van der Waals surface area contributed by atoms with Crippen LogP contribution < -0.4 is 19.5 Å². The first-order valence-corrected chi connectivity index (χ1v) is 13.6. The largest absolute Gasteiger partial charge is 0.496 e. The molecular weight excluding hydrogens is 550 g/mol. The molecule has 0 bridgehead atoms. The number of benzene rings is 2. The summed E-state index contributed by atoms with van der Waals surface area (Å²) in [5.74, 6) is 0.776. The van der Waals surface area contributed by atoms with Crippen molar-refractivity contribution in [3.63, 3.8) is 0 Å². The van der Waals surface area contributed by atoms with E-state index >= 15 is 0 Å². The van der Waals surface area contributed by atoms with Gasteiger partial charge >= 0.3 is 5.97 Å². The van der Waals surface area contributed by atoms with E-state index in [0.717, 1.165) is 34.1 Å². The number of hydrogen-bond acceptors (Lipinski definition) is 7. The van der Waals surface area contributed by atoms with Crippen LogP contribution >= 0.6 is 15.9 Å². The number of ketones is 1. The molecule has 4 rings (SSSR count). The molecule has 0 saturated carbocycles. The van der Waals surface area contributed by atoms with Crippen LogP contribution in [0.25, 0.3) is 0 Å². The molecule has 2 aliphatic rings. The van der Waals surface area contributed by atoms with Crippen molar-refractivity contribution >= 4 is 27.7 Å². The van der Waals surface area contributed by atoms with Crippen LogP contribution in [-0.4, -0.2) is 39.7 Å². The van der Waals surface area contributed by atoms with E-state index in [9.17, 15) is 9.59 Å². The zero-order chi connectivity index (χ0) is 27.4. The summed E-state index contributed by atoms with van der Waals surface area (Å²) < 4.78 is 23.1.